The molecule has 2 rings (SSSR count). The van der Waals surface area contributed by atoms with Crippen molar-refractivity contribution in [1.29, 1.82) is 0 Å². The maximum Gasteiger partial charge on any atom is 0.226 e. The maximum absolute atomic E-state index is 11.7. The quantitative estimate of drug-likeness (QED) is 0.651. The molecule has 1 aromatic carbocycles. The van der Waals surface area contributed by atoms with E-state index in [-0.39, 0.29) is 18.2 Å². The molecule has 6 heteroatoms. The van der Waals surface area contributed by atoms with E-state index in [9.17, 15) is 9.59 Å². The van der Waals surface area contributed by atoms with Crippen LogP contribution in [0.25, 0.3) is 0 Å². The molecule has 0 aliphatic rings. The Labute approximate surface area is 147 Å². The summed E-state index contributed by atoms with van der Waals surface area (Å²) in [5, 5.41) is 5.48. The van der Waals surface area contributed by atoms with Crippen LogP contribution in [0.1, 0.15) is 24.8 Å². The molecule has 2 amide bonds. The number of hydrogen-bond acceptors (Lipinski definition) is 4. The molecule has 0 bridgehead atoms. The molecule has 0 radical (unpaired) electrons. The van der Waals surface area contributed by atoms with Crippen LogP contribution in [-0.4, -0.2) is 29.9 Å². The average Bonchev–Trinajstić information content (AvgIpc) is 2.63. The summed E-state index contributed by atoms with van der Waals surface area (Å²) in [7, 11) is 0. The number of amides is 2. The summed E-state index contributed by atoms with van der Waals surface area (Å²) >= 11 is 0. The van der Waals surface area contributed by atoms with Crippen molar-refractivity contribution in [2.75, 3.05) is 18.5 Å². The number of nitrogens with zero attached hydrogens (tertiary/aromatic N) is 1. The van der Waals surface area contributed by atoms with E-state index in [1.807, 2.05) is 30.3 Å². The molecule has 0 aliphatic heterocycles. The number of nitrogens with one attached hydrogen (secondary N) is 2. The molecule has 6 nitrogen and oxygen atoms in total. The second kappa shape index (κ2) is 10.9. The van der Waals surface area contributed by atoms with Gasteiger partial charge in [-0.3, -0.25) is 14.6 Å². The van der Waals surface area contributed by atoms with Crippen LogP contribution in [0.2, 0.25) is 0 Å². The van der Waals surface area contributed by atoms with Crippen LogP contribution in [0.15, 0.2) is 54.9 Å². The Kier molecular flexibility index (Phi) is 8.14. The highest BCUT2D eigenvalue weighted by Gasteiger charge is 2.05. The van der Waals surface area contributed by atoms with Gasteiger partial charge in [0, 0.05) is 44.1 Å². The number of benzene rings is 1. The molecule has 0 aliphatic carbocycles. The fraction of sp³-hybridized carbons (Fsp3) is 0.316. The Morgan fingerprint density at radius 3 is 2.48 bits per heavy atom. The van der Waals surface area contributed by atoms with Crippen LogP contribution in [-0.2, 0) is 20.9 Å². The van der Waals surface area contributed by atoms with E-state index in [1.54, 1.807) is 24.5 Å². The highest BCUT2D eigenvalue weighted by molar-refractivity contribution is 5.91. The molecule has 132 valence electrons. The van der Waals surface area contributed by atoms with E-state index in [0.29, 0.717) is 38.3 Å². The average molecular weight is 341 g/mol. The fourth-order valence-corrected chi connectivity index (χ4v) is 2.16. The largest absolute Gasteiger partial charge is 0.377 e. The van der Waals surface area contributed by atoms with Gasteiger partial charge in [-0.05, 0) is 24.1 Å². The van der Waals surface area contributed by atoms with Gasteiger partial charge >= 0.3 is 0 Å². The van der Waals surface area contributed by atoms with Crippen LogP contribution >= 0.6 is 0 Å². The lowest BCUT2D eigenvalue weighted by atomic mass is 10.2. The molecule has 0 atom stereocenters. The molecule has 0 saturated carbocycles. The van der Waals surface area contributed by atoms with Crippen LogP contribution in [0, 0.1) is 0 Å². The van der Waals surface area contributed by atoms with Crippen molar-refractivity contribution in [3.8, 4) is 0 Å². The zero-order valence-electron chi connectivity index (χ0n) is 14.1. The molecule has 25 heavy (non-hydrogen) atoms. The highest BCUT2D eigenvalue weighted by Crippen LogP contribution is 2.03. The summed E-state index contributed by atoms with van der Waals surface area (Å²) in [6, 6.07) is 13.3. The third kappa shape index (κ3) is 8.08. The van der Waals surface area contributed by atoms with Crippen molar-refractivity contribution in [2.24, 2.45) is 0 Å². The minimum Gasteiger partial charge on any atom is -0.377 e. The summed E-state index contributed by atoms with van der Waals surface area (Å²) in [6.45, 7) is 1.41. The molecule has 0 saturated heterocycles. The van der Waals surface area contributed by atoms with Gasteiger partial charge in [-0.2, -0.15) is 0 Å². The van der Waals surface area contributed by atoms with E-state index in [0.717, 1.165) is 5.56 Å². The Balaban J connectivity index is 1.49. The Morgan fingerprint density at radius 2 is 1.72 bits per heavy atom. The third-order valence-electron chi connectivity index (χ3n) is 3.44. The number of rotatable bonds is 10. The first-order valence-electron chi connectivity index (χ1n) is 8.32. The van der Waals surface area contributed by atoms with E-state index < -0.39 is 0 Å². The monoisotopic (exact) mass is 341 g/mol. The first-order valence-corrected chi connectivity index (χ1v) is 8.32. The first kappa shape index (κ1) is 18.6. The number of anilines is 1. The van der Waals surface area contributed by atoms with Crippen molar-refractivity contribution in [2.45, 2.75) is 25.9 Å². The number of pyridine rings is 1. The van der Waals surface area contributed by atoms with E-state index >= 15 is 0 Å². The maximum atomic E-state index is 11.7. The van der Waals surface area contributed by atoms with E-state index in [1.165, 1.54) is 0 Å². The van der Waals surface area contributed by atoms with Crippen molar-refractivity contribution < 1.29 is 14.3 Å². The summed E-state index contributed by atoms with van der Waals surface area (Å²) in [5.41, 5.74) is 1.81. The lowest BCUT2D eigenvalue weighted by molar-refractivity contribution is -0.121. The Bertz CT molecular complexity index is 647. The van der Waals surface area contributed by atoms with Gasteiger partial charge in [-0.15, -0.1) is 0 Å². The summed E-state index contributed by atoms with van der Waals surface area (Å²) in [4.78, 5) is 27.3. The predicted molar refractivity (Wildman–Crippen MR) is 95.8 cm³/mol. The van der Waals surface area contributed by atoms with Gasteiger partial charge in [0.15, 0.2) is 0 Å². The van der Waals surface area contributed by atoms with Crippen molar-refractivity contribution in [3.63, 3.8) is 0 Å². The van der Waals surface area contributed by atoms with Crippen molar-refractivity contribution >= 4 is 17.5 Å². The molecule has 0 spiro atoms. The second-order valence-corrected chi connectivity index (χ2v) is 5.53. The molecule has 1 heterocycles. The lowest BCUT2D eigenvalue weighted by Crippen LogP contribution is -2.27. The van der Waals surface area contributed by atoms with Gasteiger partial charge < -0.3 is 15.4 Å². The zero-order chi connectivity index (χ0) is 17.7. The number of hydrogen-bond donors (Lipinski definition) is 2. The molecular formula is C19H23N3O3. The summed E-state index contributed by atoms with van der Waals surface area (Å²) < 4.78 is 5.53. The van der Waals surface area contributed by atoms with Crippen molar-refractivity contribution in [1.82, 2.24) is 10.3 Å². The lowest BCUT2D eigenvalue weighted by Gasteiger charge is -2.07. The van der Waals surface area contributed by atoms with Gasteiger partial charge in [0.2, 0.25) is 11.8 Å². The minimum absolute atomic E-state index is 0.0694. The Morgan fingerprint density at radius 1 is 0.960 bits per heavy atom. The van der Waals surface area contributed by atoms with Gasteiger partial charge in [-0.1, -0.05) is 30.3 Å². The number of ether oxygens (including phenoxy) is 1. The predicted octanol–water partition coefficient (Wildman–Crippen LogP) is 2.52. The van der Waals surface area contributed by atoms with Gasteiger partial charge in [0.25, 0.3) is 0 Å². The second-order valence-electron chi connectivity index (χ2n) is 5.53. The third-order valence-corrected chi connectivity index (χ3v) is 3.44. The fourth-order valence-electron chi connectivity index (χ4n) is 2.16. The molecular weight excluding hydrogens is 318 g/mol. The SMILES string of the molecule is O=C(CCCOCc1ccccc1)NCCC(=O)Nc1ccncc1. The van der Waals surface area contributed by atoms with Gasteiger partial charge in [-0.25, -0.2) is 0 Å². The molecule has 2 N–H and O–H groups in total. The summed E-state index contributed by atoms with van der Waals surface area (Å²) in [5.74, 6) is -0.210. The van der Waals surface area contributed by atoms with Crippen LogP contribution in [0.4, 0.5) is 5.69 Å². The summed E-state index contributed by atoms with van der Waals surface area (Å²) in [6.07, 6.45) is 4.50. The normalized spacial score (nSPS) is 10.2. The standard InChI is InChI=1S/C19H23N3O3/c23-18(7-4-14-25-15-16-5-2-1-3-6-16)21-13-10-19(24)22-17-8-11-20-12-9-17/h1-3,5-6,8-9,11-12H,4,7,10,13-15H2,(H,21,23)(H,20,22,24). The molecule has 0 unspecified atom stereocenters. The smallest absolute Gasteiger partial charge is 0.226 e. The van der Waals surface area contributed by atoms with Gasteiger partial charge in [0.1, 0.15) is 0 Å². The van der Waals surface area contributed by atoms with Gasteiger partial charge in [0.05, 0.1) is 6.61 Å². The molecule has 2 aromatic rings. The number of carbonyl (C=O) groups is 2. The molecule has 0 fully saturated rings. The zero-order valence-corrected chi connectivity index (χ0v) is 14.1. The minimum atomic E-state index is -0.141. The van der Waals surface area contributed by atoms with Crippen LogP contribution < -0.4 is 10.6 Å². The van der Waals surface area contributed by atoms with Crippen LogP contribution in [0.5, 0.6) is 0 Å². The van der Waals surface area contributed by atoms with E-state index in [4.69, 9.17) is 4.74 Å². The topological polar surface area (TPSA) is 80.3 Å². The van der Waals surface area contributed by atoms with E-state index in [2.05, 4.69) is 15.6 Å². The number of aromatic nitrogens is 1. The van der Waals surface area contributed by atoms with Crippen LogP contribution in [0.3, 0.4) is 0 Å². The Hall–Kier alpha value is -2.73. The highest BCUT2D eigenvalue weighted by atomic mass is 16.5. The number of carbonyl (C=O) groups excluding carboxylic acids is 2. The van der Waals surface area contributed by atoms with Crippen molar-refractivity contribution in [3.05, 3.63) is 60.4 Å². The molecule has 1 aromatic heterocycles. The first-order chi connectivity index (χ1) is 12.2.